The second kappa shape index (κ2) is 6.24. The van der Waals surface area contributed by atoms with E-state index in [2.05, 4.69) is 15.0 Å². The van der Waals surface area contributed by atoms with Gasteiger partial charge in [0.2, 0.25) is 10.0 Å². The Morgan fingerprint density at radius 1 is 1.12 bits per heavy atom. The summed E-state index contributed by atoms with van der Waals surface area (Å²) in [4.78, 5) is 16.3. The molecule has 3 rings (SSSR count). The quantitative estimate of drug-likeness (QED) is 0.872. The van der Waals surface area contributed by atoms with Crippen molar-refractivity contribution in [2.75, 3.05) is 10.0 Å². The van der Waals surface area contributed by atoms with E-state index in [1.807, 2.05) is 32.0 Å². The van der Waals surface area contributed by atoms with Crippen LogP contribution in [0.5, 0.6) is 0 Å². The Morgan fingerprint density at radius 3 is 2.54 bits per heavy atom. The molecular weight excluding hydrogens is 326 g/mol. The maximum atomic E-state index is 12.4. The van der Waals surface area contributed by atoms with Crippen molar-refractivity contribution in [3.05, 3.63) is 53.2 Å². The lowest BCUT2D eigenvalue weighted by Gasteiger charge is -2.09. The Morgan fingerprint density at radius 2 is 1.88 bits per heavy atom. The van der Waals surface area contributed by atoms with E-state index in [9.17, 15) is 13.2 Å². The number of nitrogens with one attached hydrogen (secondary N) is 2. The van der Waals surface area contributed by atoms with Crippen LogP contribution in [0, 0.1) is 13.8 Å². The molecule has 1 heterocycles. The Hall–Kier alpha value is -2.41. The molecule has 1 aromatic heterocycles. The van der Waals surface area contributed by atoms with Crippen molar-refractivity contribution in [1.82, 2.24) is 4.98 Å². The highest BCUT2D eigenvalue weighted by Gasteiger charge is 2.36. The van der Waals surface area contributed by atoms with E-state index < -0.39 is 10.0 Å². The van der Waals surface area contributed by atoms with Gasteiger partial charge in [-0.05, 0) is 62.1 Å². The molecule has 1 fully saturated rings. The minimum absolute atomic E-state index is 0.162. The number of nitrogens with zero attached hydrogens (tertiary/aromatic N) is 1. The fraction of sp³-hybridized carbons (Fsp3) is 0.294. The predicted molar refractivity (Wildman–Crippen MR) is 93.7 cm³/mol. The molecule has 0 aliphatic heterocycles. The molecule has 1 saturated carbocycles. The van der Waals surface area contributed by atoms with Crippen molar-refractivity contribution in [3.8, 4) is 0 Å². The summed E-state index contributed by atoms with van der Waals surface area (Å²) >= 11 is 0. The summed E-state index contributed by atoms with van der Waals surface area (Å²) in [7, 11) is -3.40. The van der Waals surface area contributed by atoms with E-state index in [0.29, 0.717) is 24.1 Å². The summed E-state index contributed by atoms with van der Waals surface area (Å²) in [5, 5.41) is 2.47. The third kappa shape index (κ3) is 3.73. The van der Waals surface area contributed by atoms with Crippen LogP contribution < -0.4 is 10.0 Å². The maximum Gasteiger partial charge on any atom is 0.255 e. The van der Waals surface area contributed by atoms with Gasteiger partial charge in [0.05, 0.1) is 5.25 Å². The van der Waals surface area contributed by atoms with Gasteiger partial charge in [-0.3, -0.25) is 9.52 Å². The summed E-state index contributed by atoms with van der Waals surface area (Å²) < 4.78 is 26.3. The number of aryl methyl sites for hydroxylation is 2. The molecular formula is C17H19N3O3S. The molecule has 0 spiro atoms. The summed E-state index contributed by atoms with van der Waals surface area (Å²) in [6, 6.07) is 8.65. The average molecular weight is 345 g/mol. The van der Waals surface area contributed by atoms with Crippen LogP contribution in [0.2, 0.25) is 0 Å². The van der Waals surface area contributed by atoms with Gasteiger partial charge < -0.3 is 5.32 Å². The fourth-order valence-electron chi connectivity index (χ4n) is 2.26. The number of pyridine rings is 1. The first-order valence-electron chi connectivity index (χ1n) is 7.71. The Labute approximate surface area is 141 Å². The number of hydrogen-bond acceptors (Lipinski definition) is 4. The average Bonchev–Trinajstić information content (AvgIpc) is 3.36. The van der Waals surface area contributed by atoms with Crippen molar-refractivity contribution in [2.45, 2.75) is 31.9 Å². The second-order valence-corrected chi connectivity index (χ2v) is 7.99. The van der Waals surface area contributed by atoms with Crippen molar-refractivity contribution in [3.63, 3.8) is 0 Å². The molecule has 0 bridgehead atoms. The van der Waals surface area contributed by atoms with Gasteiger partial charge in [0.1, 0.15) is 5.82 Å². The molecule has 6 nitrogen and oxygen atoms in total. The van der Waals surface area contributed by atoms with E-state index >= 15 is 0 Å². The first-order valence-corrected chi connectivity index (χ1v) is 9.26. The normalized spacial score (nSPS) is 14.2. The number of sulfonamides is 1. The van der Waals surface area contributed by atoms with E-state index in [1.165, 1.54) is 12.3 Å². The molecule has 2 N–H and O–H groups in total. The number of aromatic nitrogens is 1. The van der Waals surface area contributed by atoms with Crippen LogP contribution in [0.1, 0.15) is 34.3 Å². The van der Waals surface area contributed by atoms with Crippen LogP contribution >= 0.6 is 0 Å². The molecule has 24 heavy (non-hydrogen) atoms. The zero-order valence-corrected chi connectivity index (χ0v) is 14.4. The molecule has 7 heteroatoms. The molecule has 1 amide bonds. The number of hydrogen-bond donors (Lipinski definition) is 2. The van der Waals surface area contributed by atoms with Gasteiger partial charge in [-0.25, -0.2) is 13.4 Å². The van der Waals surface area contributed by atoms with Crippen LogP contribution in [-0.4, -0.2) is 24.6 Å². The minimum atomic E-state index is -3.40. The zero-order chi connectivity index (χ0) is 17.3. The van der Waals surface area contributed by atoms with Gasteiger partial charge in [0.25, 0.3) is 5.91 Å². The van der Waals surface area contributed by atoms with Gasteiger partial charge in [-0.1, -0.05) is 6.07 Å². The molecule has 0 atom stereocenters. The van der Waals surface area contributed by atoms with Crippen molar-refractivity contribution in [2.24, 2.45) is 0 Å². The van der Waals surface area contributed by atoms with E-state index in [0.717, 1.165) is 11.1 Å². The SMILES string of the molecule is Cc1ccc(NC(=O)c2ccnc(NS(=O)(=O)C3CC3)c2)cc1C. The highest BCUT2D eigenvalue weighted by atomic mass is 32.2. The summed E-state index contributed by atoms with van der Waals surface area (Å²) in [6.07, 6.45) is 2.75. The Kier molecular flexibility index (Phi) is 4.28. The topological polar surface area (TPSA) is 88.2 Å². The smallest absolute Gasteiger partial charge is 0.255 e. The first kappa shape index (κ1) is 16.4. The number of amides is 1. The standard InChI is InChI=1S/C17H19N3O3S/c1-11-3-4-14(9-12(11)2)19-17(21)13-7-8-18-16(10-13)20-24(22,23)15-5-6-15/h3-4,7-10,15H,5-6H2,1-2H3,(H,18,20)(H,19,21). The number of anilines is 2. The van der Waals surface area contributed by atoms with Gasteiger partial charge in [0.15, 0.2) is 0 Å². The number of benzene rings is 1. The second-order valence-electron chi connectivity index (χ2n) is 6.03. The maximum absolute atomic E-state index is 12.4. The zero-order valence-electron chi connectivity index (χ0n) is 13.5. The number of carbonyl (C=O) groups is 1. The Balaban J connectivity index is 1.75. The largest absolute Gasteiger partial charge is 0.322 e. The lowest BCUT2D eigenvalue weighted by Crippen LogP contribution is -2.19. The van der Waals surface area contributed by atoms with E-state index in [1.54, 1.807) is 6.07 Å². The highest BCUT2D eigenvalue weighted by Crippen LogP contribution is 2.29. The monoisotopic (exact) mass is 345 g/mol. The predicted octanol–water partition coefficient (Wildman–Crippen LogP) is 2.85. The minimum Gasteiger partial charge on any atom is -0.322 e. The van der Waals surface area contributed by atoms with Crippen LogP contribution in [0.15, 0.2) is 36.5 Å². The van der Waals surface area contributed by atoms with Crippen molar-refractivity contribution >= 4 is 27.4 Å². The summed E-state index contributed by atoms with van der Waals surface area (Å²) in [5.74, 6) is -0.151. The summed E-state index contributed by atoms with van der Waals surface area (Å²) in [6.45, 7) is 3.98. The van der Waals surface area contributed by atoms with Gasteiger partial charge in [0, 0.05) is 17.4 Å². The van der Waals surface area contributed by atoms with Crippen LogP contribution in [-0.2, 0) is 10.0 Å². The number of rotatable bonds is 5. The molecule has 1 aromatic carbocycles. The molecule has 1 aliphatic carbocycles. The van der Waals surface area contributed by atoms with E-state index in [4.69, 9.17) is 0 Å². The van der Waals surface area contributed by atoms with Crippen molar-refractivity contribution in [1.29, 1.82) is 0 Å². The summed E-state index contributed by atoms with van der Waals surface area (Å²) in [5.41, 5.74) is 3.27. The van der Waals surface area contributed by atoms with Crippen LogP contribution in [0.4, 0.5) is 11.5 Å². The third-order valence-corrected chi connectivity index (χ3v) is 5.84. The van der Waals surface area contributed by atoms with Gasteiger partial charge >= 0.3 is 0 Å². The molecule has 1 aliphatic rings. The molecule has 0 radical (unpaired) electrons. The first-order chi connectivity index (χ1) is 11.3. The van der Waals surface area contributed by atoms with Gasteiger partial charge in [-0.2, -0.15) is 0 Å². The number of carbonyl (C=O) groups excluding carboxylic acids is 1. The van der Waals surface area contributed by atoms with Gasteiger partial charge in [-0.15, -0.1) is 0 Å². The molecule has 126 valence electrons. The van der Waals surface area contributed by atoms with Crippen LogP contribution in [0.25, 0.3) is 0 Å². The molecule has 2 aromatic rings. The molecule has 0 unspecified atom stereocenters. The van der Waals surface area contributed by atoms with E-state index in [-0.39, 0.29) is 17.0 Å². The fourth-order valence-corrected chi connectivity index (χ4v) is 3.58. The van der Waals surface area contributed by atoms with Crippen molar-refractivity contribution < 1.29 is 13.2 Å². The lowest BCUT2D eigenvalue weighted by molar-refractivity contribution is 0.102. The highest BCUT2D eigenvalue weighted by molar-refractivity contribution is 7.93. The lowest BCUT2D eigenvalue weighted by atomic mass is 10.1. The third-order valence-electron chi connectivity index (χ3n) is 4.00. The van der Waals surface area contributed by atoms with Crippen LogP contribution in [0.3, 0.4) is 0 Å². The molecule has 0 saturated heterocycles. The Bertz CT molecular complexity index is 890.